The molecule has 80 valence electrons. The van der Waals surface area contributed by atoms with Crippen molar-refractivity contribution in [3.8, 4) is 0 Å². The van der Waals surface area contributed by atoms with Gasteiger partial charge >= 0.3 is 0 Å². The van der Waals surface area contributed by atoms with Crippen LogP contribution in [0.3, 0.4) is 0 Å². The summed E-state index contributed by atoms with van der Waals surface area (Å²) in [6.07, 6.45) is 1.05. The molecule has 0 aliphatic heterocycles. The fourth-order valence-electron chi connectivity index (χ4n) is 0.802. The molecular formula is C7H18N2O3S. The van der Waals surface area contributed by atoms with Gasteiger partial charge in [-0.2, -0.15) is 13.1 Å². The second-order valence-electron chi connectivity index (χ2n) is 2.96. The van der Waals surface area contributed by atoms with Gasteiger partial charge in [-0.3, -0.25) is 0 Å². The average molecular weight is 210 g/mol. The molecule has 0 fully saturated rings. The molecule has 0 saturated heterocycles. The lowest BCUT2D eigenvalue weighted by atomic mass is 9.98. The highest BCUT2D eigenvalue weighted by Gasteiger charge is 2.23. The lowest BCUT2D eigenvalue weighted by Crippen LogP contribution is -2.45. The van der Waals surface area contributed by atoms with Crippen molar-refractivity contribution < 1.29 is 13.5 Å². The van der Waals surface area contributed by atoms with Crippen molar-refractivity contribution in [3.63, 3.8) is 0 Å². The number of rotatable bonds is 6. The van der Waals surface area contributed by atoms with E-state index in [0.717, 1.165) is 0 Å². The summed E-state index contributed by atoms with van der Waals surface area (Å²) in [7, 11) is -2.11. The largest absolute Gasteiger partial charge is 0.389 e. The van der Waals surface area contributed by atoms with Crippen molar-refractivity contribution in [2.24, 2.45) is 0 Å². The van der Waals surface area contributed by atoms with Crippen LogP contribution in [0.5, 0.6) is 0 Å². The van der Waals surface area contributed by atoms with Gasteiger partial charge in [0.05, 0.1) is 5.60 Å². The Labute approximate surface area is 79.7 Å². The minimum absolute atomic E-state index is 0.0448. The van der Waals surface area contributed by atoms with E-state index >= 15 is 0 Å². The first-order valence-electron chi connectivity index (χ1n) is 4.29. The van der Waals surface area contributed by atoms with Crippen molar-refractivity contribution in [1.82, 2.24) is 9.44 Å². The molecular weight excluding hydrogens is 192 g/mol. The Hall–Kier alpha value is -0.170. The molecule has 0 rings (SSSR count). The van der Waals surface area contributed by atoms with Gasteiger partial charge in [0.15, 0.2) is 0 Å². The van der Waals surface area contributed by atoms with Gasteiger partial charge in [-0.05, 0) is 12.8 Å². The van der Waals surface area contributed by atoms with E-state index in [1.807, 2.05) is 13.8 Å². The maximum Gasteiger partial charge on any atom is 0.276 e. The highest BCUT2D eigenvalue weighted by Crippen LogP contribution is 2.12. The summed E-state index contributed by atoms with van der Waals surface area (Å²) in [5, 5.41) is 9.73. The molecule has 0 atom stereocenters. The standard InChI is InChI=1S/C7H18N2O3S/c1-4-7(10,5-2)6-9-13(11,12)8-3/h8-10H,4-6H2,1-3H3. The van der Waals surface area contributed by atoms with E-state index in [4.69, 9.17) is 0 Å². The second-order valence-corrected chi connectivity index (χ2v) is 4.66. The first kappa shape index (κ1) is 12.8. The highest BCUT2D eigenvalue weighted by atomic mass is 32.2. The molecule has 0 aliphatic rings. The van der Waals surface area contributed by atoms with Crippen LogP contribution in [0.25, 0.3) is 0 Å². The van der Waals surface area contributed by atoms with Gasteiger partial charge < -0.3 is 5.11 Å². The fraction of sp³-hybridized carbons (Fsp3) is 1.00. The van der Waals surface area contributed by atoms with E-state index in [9.17, 15) is 13.5 Å². The van der Waals surface area contributed by atoms with Crippen LogP contribution in [0.1, 0.15) is 26.7 Å². The summed E-state index contributed by atoms with van der Waals surface area (Å²) >= 11 is 0. The molecule has 0 aromatic rings. The molecule has 0 aromatic carbocycles. The number of aliphatic hydroxyl groups is 1. The number of nitrogens with one attached hydrogen (secondary N) is 2. The van der Waals surface area contributed by atoms with E-state index in [-0.39, 0.29) is 6.54 Å². The van der Waals surface area contributed by atoms with Gasteiger partial charge in [0, 0.05) is 13.6 Å². The average Bonchev–Trinajstić information content (AvgIpc) is 2.14. The van der Waals surface area contributed by atoms with Crippen LogP contribution in [0.4, 0.5) is 0 Å². The minimum Gasteiger partial charge on any atom is -0.389 e. The van der Waals surface area contributed by atoms with E-state index in [0.29, 0.717) is 12.8 Å². The van der Waals surface area contributed by atoms with Crippen LogP contribution < -0.4 is 9.44 Å². The number of hydrogen-bond donors (Lipinski definition) is 3. The van der Waals surface area contributed by atoms with E-state index in [1.165, 1.54) is 7.05 Å². The van der Waals surface area contributed by atoms with Gasteiger partial charge in [-0.1, -0.05) is 13.8 Å². The van der Waals surface area contributed by atoms with Crippen molar-refractivity contribution in [3.05, 3.63) is 0 Å². The predicted molar refractivity (Wildman–Crippen MR) is 51.5 cm³/mol. The molecule has 3 N–H and O–H groups in total. The van der Waals surface area contributed by atoms with Crippen LogP contribution in [-0.4, -0.2) is 32.7 Å². The van der Waals surface area contributed by atoms with Crippen LogP contribution in [-0.2, 0) is 10.2 Å². The van der Waals surface area contributed by atoms with E-state index < -0.39 is 15.8 Å². The molecule has 0 amide bonds. The molecule has 0 spiro atoms. The Kier molecular flexibility index (Phi) is 4.83. The number of hydrogen-bond acceptors (Lipinski definition) is 3. The summed E-state index contributed by atoms with van der Waals surface area (Å²) in [6.45, 7) is 3.68. The first-order chi connectivity index (χ1) is 5.89. The summed E-state index contributed by atoms with van der Waals surface area (Å²) in [4.78, 5) is 0. The van der Waals surface area contributed by atoms with Crippen LogP contribution in [0, 0.1) is 0 Å². The first-order valence-corrected chi connectivity index (χ1v) is 5.78. The normalized spacial score (nSPS) is 13.2. The third-order valence-electron chi connectivity index (χ3n) is 2.18. The zero-order valence-corrected chi connectivity index (χ0v) is 9.11. The van der Waals surface area contributed by atoms with Crippen LogP contribution in [0.2, 0.25) is 0 Å². The minimum atomic E-state index is -3.43. The van der Waals surface area contributed by atoms with Gasteiger partial charge in [0.2, 0.25) is 0 Å². The van der Waals surface area contributed by atoms with Crippen molar-refractivity contribution in [2.75, 3.05) is 13.6 Å². The Balaban J connectivity index is 4.15. The van der Waals surface area contributed by atoms with Crippen molar-refractivity contribution in [1.29, 1.82) is 0 Å². The zero-order valence-electron chi connectivity index (χ0n) is 8.29. The molecule has 0 heterocycles. The van der Waals surface area contributed by atoms with Crippen LogP contribution >= 0.6 is 0 Å². The quantitative estimate of drug-likeness (QED) is 0.558. The maximum atomic E-state index is 10.9. The van der Waals surface area contributed by atoms with E-state index in [2.05, 4.69) is 9.44 Å². The van der Waals surface area contributed by atoms with Crippen molar-refractivity contribution >= 4 is 10.2 Å². The summed E-state index contributed by atoms with van der Waals surface area (Å²) in [5.74, 6) is 0. The van der Waals surface area contributed by atoms with Gasteiger partial charge in [-0.15, -0.1) is 0 Å². The molecule has 13 heavy (non-hydrogen) atoms. The molecule has 6 heteroatoms. The predicted octanol–water partition coefficient (Wildman–Crippen LogP) is -0.409. The van der Waals surface area contributed by atoms with E-state index in [1.54, 1.807) is 0 Å². The maximum absolute atomic E-state index is 10.9. The lowest BCUT2D eigenvalue weighted by molar-refractivity contribution is 0.0376. The van der Waals surface area contributed by atoms with Crippen LogP contribution in [0.15, 0.2) is 0 Å². The fourth-order valence-corrected chi connectivity index (χ4v) is 1.40. The Morgan fingerprint density at radius 1 is 1.31 bits per heavy atom. The molecule has 0 saturated carbocycles. The topological polar surface area (TPSA) is 78.4 Å². The smallest absolute Gasteiger partial charge is 0.276 e. The van der Waals surface area contributed by atoms with Crippen molar-refractivity contribution in [2.45, 2.75) is 32.3 Å². The molecule has 5 nitrogen and oxygen atoms in total. The van der Waals surface area contributed by atoms with Gasteiger partial charge in [0.1, 0.15) is 0 Å². The molecule has 0 aromatic heterocycles. The Morgan fingerprint density at radius 2 is 1.77 bits per heavy atom. The molecule has 0 radical (unpaired) electrons. The third kappa shape index (κ3) is 4.56. The summed E-state index contributed by atoms with van der Waals surface area (Å²) < 4.78 is 26.3. The zero-order chi connectivity index (χ0) is 10.5. The lowest BCUT2D eigenvalue weighted by Gasteiger charge is -2.24. The molecule has 0 aliphatic carbocycles. The molecule has 0 bridgehead atoms. The molecule has 0 unspecified atom stereocenters. The highest BCUT2D eigenvalue weighted by molar-refractivity contribution is 7.87. The SMILES string of the molecule is CCC(O)(CC)CNS(=O)(=O)NC. The van der Waals surface area contributed by atoms with Gasteiger partial charge in [0.25, 0.3) is 10.2 Å². The summed E-state index contributed by atoms with van der Waals surface area (Å²) in [6, 6.07) is 0. The Morgan fingerprint density at radius 3 is 2.08 bits per heavy atom. The Bertz CT molecular complexity index is 234. The summed E-state index contributed by atoms with van der Waals surface area (Å²) in [5.41, 5.74) is -0.941. The second kappa shape index (κ2) is 4.90. The third-order valence-corrected chi connectivity index (χ3v) is 3.24. The van der Waals surface area contributed by atoms with Gasteiger partial charge in [-0.25, -0.2) is 4.72 Å². The monoisotopic (exact) mass is 210 g/mol.